The van der Waals surface area contributed by atoms with Crippen molar-refractivity contribution in [1.29, 1.82) is 0 Å². The Hall–Kier alpha value is -2.00. The van der Waals surface area contributed by atoms with Crippen molar-refractivity contribution in [2.75, 3.05) is 18.4 Å². The van der Waals surface area contributed by atoms with E-state index in [1.54, 1.807) is 6.07 Å². The van der Waals surface area contributed by atoms with Crippen molar-refractivity contribution in [2.45, 2.75) is 0 Å². The molecule has 0 saturated heterocycles. The number of nitrogens with one attached hydrogen (secondary N) is 2. The molecule has 0 aliphatic carbocycles. The molecule has 0 unspecified atom stereocenters. The molecule has 0 heterocycles. The van der Waals surface area contributed by atoms with Gasteiger partial charge in [0.25, 0.3) is 5.69 Å². The first kappa shape index (κ1) is 15.1. The predicted octanol–water partition coefficient (Wildman–Crippen LogP) is 0.371. The minimum Gasteiger partial charge on any atom is -0.346 e. The maximum Gasteiger partial charge on any atom is 0.293 e. The van der Waals surface area contributed by atoms with Crippen molar-refractivity contribution in [1.82, 2.24) is 5.32 Å². The first-order valence-corrected chi connectivity index (χ1v) is 5.94. The molecule has 1 aromatic rings. The Labute approximate surface area is 116 Å². The highest BCUT2D eigenvalue weighted by Crippen LogP contribution is 2.27. The first-order chi connectivity index (χ1) is 8.93. The van der Waals surface area contributed by atoms with Crippen LogP contribution in [0.25, 0.3) is 0 Å². The molecule has 0 aromatic heterocycles. The van der Waals surface area contributed by atoms with Gasteiger partial charge in [0.2, 0.25) is 11.8 Å². The van der Waals surface area contributed by atoms with Gasteiger partial charge in [-0.25, -0.2) is 0 Å². The van der Waals surface area contributed by atoms with Gasteiger partial charge in [-0.2, -0.15) is 0 Å². The summed E-state index contributed by atoms with van der Waals surface area (Å²) < 4.78 is 0.522. The Morgan fingerprint density at radius 3 is 2.63 bits per heavy atom. The maximum atomic E-state index is 11.5. The zero-order chi connectivity index (χ0) is 14.4. The van der Waals surface area contributed by atoms with Crippen molar-refractivity contribution in [3.63, 3.8) is 0 Å². The van der Waals surface area contributed by atoms with Crippen molar-refractivity contribution in [3.05, 3.63) is 32.8 Å². The average molecular weight is 331 g/mol. The average Bonchev–Trinajstić information content (AvgIpc) is 2.37. The van der Waals surface area contributed by atoms with E-state index in [1.807, 2.05) is 0 Å². The highest BCUT2D eigenvalue weighted by atomic mass is 79.9. The molecule has 0 fully saturated rings. The van der Waals surface area contributed by atoms with Crippen LogP contribution in [-0.4, -0.2) is 29.8 Å². The molecule has 4 N–H and O–H groups in total. The summed E-state index contributed by atoms with van der Waals surface area (Å²) in [7, 11) is 0. The number of halogens is 1. The lowest BCUT2D eigenvalue weighted by Crippen LogP contribution is -2.36. The number of nitrogens with zero attached hydrogens (tertiary/aromatic N) is 1. The Balaban J connectivity index is 2.74. The van der Waals surface area contributed by atoms with Gasteiger partial charge in [-0.1, -0.05) is 15.9 Å². The third-order valence-electron chi connectivity index (χ3n) is 2.06. The van der Waals surface area contributed by atoms with E-state index in [-0.39, 0.29) is 24.5 Å². The molecule has 0 spiro atoms. The van der Waals surface area contributed by atoms with E-state index in [2.05, 4.69) is 26.6 Å². The largest absolute Gasteiger partial charge is 0.346 e. The van der Waals surface area contributed by atoms with Gasteiger partial charge in [0.05, 0.1) is 18.0 Å². The van der Waals surface area contributed by atoms with Crippen LogP contribution in [0.1, 0.15) is 0 Å². The molecule has 1 rings (SSSR count). The molecule has 0 bridgehead atoms. The number of nitro benzene ring substituents is 1. The van der Waals surface area contributed by atoms with Crippen molar-refractivity contribution in [2.24, 2.45) is 5.73 Å². The van der Waals surface area contributed by atoms with Gasteiger partial charge in [-0.05, 0) is 12.1 Å². The van der Waals surface area contributed by atoms with Crippen LogP contribution in [0, 0.1) is 10.1 Å². The van der Waals surface area contributed by atoms with E-state index in [1.165, 1.54) is 12.1 Å². The van der Waals surface area contributed by atoms with Crippen molar-refractivity contribution >= 4 is 39.1 Å². The Morgan fingerprint density at radius 2 is 2.05 bits per heavy atom. The molecule has 19 heavy (non-hydrogen) atoms. The van der Waals surface area contributed by atoms with Crippen molar-refractivity contribution < 1.29 is 14.5 Å². The summed E-state index contributed by atoms with van der Waals surface area (Å²) in [5.41, 5.74) is 4.87. The van der Waals surface area contributed by atoms with Crippen molar-refractivity contribution in [3.8, 4) is 0 Å². The summed E-state index contributed by atoms with van der Waals surface area (Å²) >= 11 is 3.10. The van der Waals surface area contributed by atoms with Crippen LogP contribution in [0.2, 0.25) is 0 Å². The second kappa shape index (κ2) is 6.81. The van der Waals surface area contributed by atoms with Crippen LogP contribution in [0.4, 0.5) is 11.4 Å². The topological polar surface area (TPSA) is 127 Å². The SMILES string of the molecule is NCC(=O)NCC(=O)Nc1ccc(Br)cc1[N+](=O)[O-]. The summed E-state index contributed by atoms with van der Waals surface area (Å²) in [6.45, 7) is -0.533. The number of benzene rings is 1. The minimum absolute atomic E-state index is 0.0557. The standard InChI is InChI=1S/C10H11BrN4O4/c11-6-1-2-7(8(3-6)15(18)19)14-10(17)5-13-9(16)4-12/h1-3H,4-5,12H2,(H,13,16)(H,14,17). The Bertz CT molecular complexity index is 520. The van der Waals surface area contributed by atoms with Gasteiger partial charge in [-0.15, -0.1) is 0 Å². The monoisotopic (exact) mass is 330 g/mol. The quantitative estimate of drug-likeness (QED) is 0.531. The number of nitrogens with two attached hydrogens (primary N) is 1. The van der Waals surface area contributed by atoms with Gasteiger partial charge in [0.15, 0.2) is 0 Å². The second-order valence-corrected chi connectivity index (χ2v) is 4.36. The normalized spacial score (nSPS) is 9.79. The number of carbonyl (C=O) groups is 2. The summed E-state index contributed by atoms with van der Waals surface area (Å²) in [6, 6.07) is 4.22. The fraction of sp³-hybridized carbons (Fsp3) is 0.200. The molecule has 0 radical (unpaired) electrons. The number of carbonyl (C=O) groups excluding carboxylic acids is 2. The number of nitro groups is 1. The molecule has 0 saturated carbocycles. The molecule has 2 amide bonds. The molecule has 1 aromatic carbocycles. The van der Waals surface area contributed by atoms with Crippen LogP contribution >= 0.6 is 15.9 Å². The zero-order valence-corrected chi connectivity index (χ0v) is 11.3. The highest BCUT2D eigenvalue weighted by Gasteiger charge is 2.16. The minimum atomic E-state index is -0.612. The van der Waals surface area contributed by atoms with E-state index in [0.717, 1.165) is 0 Å². The number of amides is 2. The van der Waals surface area contributed by atoms with E-state index >= 15 is 0 Å². The Morgan fingerprint density at radius 1 is 1.37 bits per heavy atom. The fourth-order valence-electron chi connectivity index (χ4n) is 1.21. The molecular weight excluding hydrogens is 320 g/mol. The van der Waals surface area contributed by atoms with E-state index in [9.17, 15) is 19.7 Å². The Kier molecular flexibility index (Phi) is 5.39. The third-order valence-corrected chi connectivity index (χ3v) is 2.56. The predicted molar refractivity (Wildman–Crippen MR) is 71.5 cm³/mol. The molecule has 0 aliphatic heterocycles. The summed E-state index contributed by atoms with van der Waals surface area (Å²) in [5, 5.41) is 15.4. The highest BCUT2D eigenvalue weighted by molar-refractivity contribution is 9.10. The number of hydrogen-bond donors (Lipinski definition) is 3. The third kappa shape index (κ3) is 4.64. The van der Waals surface area contributed by atoms with Gasteiger partial charge in [0, 0.05) is 10.5 Å². The number of hydrogen-bond acceptors (Lipinski definition) is 5. The molecule has 0 atom stereocenters. The lowest BCUT2D eigenvalue weighted by Gasteiger charge is -2.07. The first-order valence-electron chi connectivity index (χ1n) is 5.14. The molecule has 8 nitrogen and oxygen atoms in total. The number of anilines is 1. The van der Waals surface area contributed by atoms with Gasteiger partial charge in [-0.3, -0.25) is 19.7 Å². The van der Waals surface area contributed by atoms with Gasteiger partial charge >= 0.3 is 0 Å². The van der Waals surface area contributed by atoms with Gasteiger partial charge in [0.1, 0.15) is 5.69 Å². The number of rotatable bonds is 5. The zero-order valence-electron chi connectivity index (χ0n) is 9.68. The van der Waals surface area contributed by atoms with Crippen LogP contribution in [0.15, 0.2) is 22.7 Å². The lowest BCUT2D eigenvalue weighted by atomic mass is 10.2. The fourth-order valence-corrected chi connectivity index (χ4v) is 1.56. The van der Waals surface area contributed by atoms with Crippen LogP contribution in [-0.2, 0) is 9.59 Å². The van der Waals surface area contributed by atoms with Gasteiger partial charge < -0.3 is 16.4 Å². The smallest absolute Gasteiger partial charge is 0.293 e. The molecule has 9 heteroatoms. The van der Waals surface area contributed by atoms with E-state index < -0.39 is 16.7 Å². The molecule has 0 aliphatic rings. The molecule has 102 valence electrons. The maximum absolute atomic E-state index is 11.5. The van der Waals surface area contributed by atoms with Crippen LogP contribution < -0.4 is 16.4 Å². The summed E-state index contributed by atoms with van der Waals surface area (Å²) in [6.07, 6.45) is 0. The van der Waals surface area contributed by atoms with E-state index in [0.29, 0.717) is 4.47 Å². The summed E-state index contributed by atoms with van der Waals surface area (Å²) in [4.78, 5) is 32.6. The van der Waals surface area contributed by atoms with Crippen LogP contribution in [0.3, 0.4) is 0 Å². The van der Waals surface area contributed by atoms with Crippen LogP contribution in [0.5, 0.6) is 0 Å². The second-order valence-electron chi connectivity index (χ2n) is 3.45. The molecular formula is C10H11BrN4O4. The summed E-state index contributed by atoms with van der Waals surface area (Å²) in [5.74, 6) is -1.06. The lowest BCUT2D eigenvalue weighted by molar-refractivity contribution is -0.384. The van der Waals surface area contributed by atoms with E-state index in [4.69, 9.17) is 5.73 Å².